The molecule has 0 aliphatic heterocycles. The molecule has 68 valence electrons. The Labute approximate surface area is 76.6 Å². The van der Waals surface area contributed by atoms with Crippen molar-refractivity contribution in [3.63, 3.8) is 0 Å². The summed E-state index contributed by atoms with van der Waals surface area (Å²) in [6.07, 6.45) is 1.97. The van der Waals surface area contributed by atoms with E-state index in [1.807, 2.05) is 30.3 Å². The highest BCUT2D eigenvalue weighted by molar-refractivity contribution is 5.29. The average Bonchev–Trinajstić information content (AvgIpc) is 2.88. The number of benzene rings is 1. The zero-order valence-corrected chi connectivity index (χ0v) is 6.64. The van der Waals surface area contributed by atoms with Crippen LogP contribution in [0.3, 0.4) is 0 Å². The molecular formula is C9H17N3. The predicted octanol–water partition coefficient (Wildman–Crippen LogP) is 3.97. The third-order valence-electron chi connectivity index (χ3n) is 2.27. The van der Waals surface area contributed by atoms with Gasteiger partial charge in [-0.1, -0.05) is 35.4 Å². The average molecular weight is 167 g/mol. The van der Waals surface area contributed by atoms with Gasteiger partial charge in [-0.3, -0.25) is 0 Å². The van der Waals surface area contributed by atoms with Crippen molar-refractivity contribution in [3.8, 4) is 0 Å². The van der Waals surface area contributed by atoms with Crippen LogP contribution in [0.1, 0.15) is 24.1 Å². The molecular weight excluding hydrogens is 150 g/mol. The Bertz CT molecular complexity index is 334. The molecule has 0 radical (unpaired) electrons. The summed E-state index contributed by atoms with van der Waals surface area (Å²) >= 11 is 0. The molecule has 0 amide bonds. The molecule has 1 saturated carbocycles. The van der Waals surface area contributed by atoms with Gasteiger partial charge in [0.1, 0.15) is 0 Å². The summed E-state index contributed by atoms with van der Waals surface area (Å²) < 4.78 is 0. The molecule has 3 heteroatoms. The molecule has 1 fully saturated rings. The minimum Gasteiger partial charge on any atom is -0.0826 e. The topological polar surface area (TPSA) is 48.8 Å². The van der Waals surface area contributed by atoms with Crippen molar-refractivity contribution in [3.05, 3.63) is 46.3 Å². The zero-order valence-electron chi connectivity index (χ0n) is 6.64. The fraction of sp³-hybridized carbons (Fsp3) is 0.333. The van der Waals surface area contributed by atoms with E-state index in [4.69, 9.17) is 5.53 Å². The molecule has 1 aromatic carbocycles. The normalized spacial score (nSPS) is 18.0. The van der Waals surface area contributed by atoms with E-state index in [0.29, 0.717) is 0 Å². The van der Waals surface area contributed by atoms with Crippen LogP contribution < -0.4 is 0 Å². The van der Waals surface area contributed by atoms with Crippen molar-refractivity contribution >= 4 is 0 Å². The molecule has 0 saturated heterocycles. The molecule has 2 rings (SSSR count). The Kier molecular flexibility index (Phi) is 1.52. The molecule has 0 spiro atoms. The Morgan fingerprint density at radius 3 is 2.50 bits per heavy atom. The second-order valence-electron chi connectivity index (χ2n) is 3.09. The van der Waals surface area contributed by atoms with Crippen LogP contribution in [0.4, 0.5) is 0 Å². The van der Waals surface area contributed by atoms with Crippen LogP contribution >= 0.6 is 0 Å². The Balaban J connectivity index is -0.000000422. The fourth-order valence-corrected chi connectivity index (χ4v) is 1.40. The summed E-state index contributed by atoms with van der Waals surface area (Å²) in [5.41, 5.74) is 9.30. The number of azide groups is 1. The van der Waals surface area contributed by atoms with Gasteiger partial charge >= 0.3 is 0 Å². The lowest BCUT2D eigenvalue weighted by Crippen LogP contribution is -1.99. The Morgan fingerprint density at radius 2 is 2.00 bits per heavy atom. The van der Waals surface area contributed by atoms with Gasteiger partial charge in [-0.05, 0) is 23.9 Å². The van der Waals surface area contributed by atoms with Crippen molar-refractivity contribution < 1.29 is 5.71 Å². The quantitative estimate of drug-likeness (QED) is 0.363. The second kappa shape index (κ2) is 2.54. The first-order valence-corrected chi connectivity index (χ1v) is 3.99. The summed E-state index contributed by atoms with van der Waals surface area (Å²) in [6, 6.07) is 9.95. The van der Waals surface area contributed by atoms with Crippen molar-refractivity contribution in [2.75, 3.05) is 0 Å². The molecule has 1 aliphatic carbocycles. The largest absolute Gasteiger partial charge is 0.0826 e. The monoisotopic (exact) mass is 167 g/mol. The summed E-state index contributed by atoms with van der Waals surface area (Å²) in [5, 5.41) is 3.82. The first kappa shape index (κ1) is 7.19. The zero-order chi connectivity index (χ0) is 8.44. The SMILES string of the molecule is [HH].[HH].[HH].[HH].[N-]=[N+]=NC1(c2ccccc2)CC1. The van der Waals surface area contributed by atoms with Crippen LogP contribution in [0.5, 0.6) is 0 Å². The van der Waals surface area contributed by atoms with E-state index in [1.54, 1.807) is 0 Å². The van der Waals surface area contributed by atoms with E-state index in [2.05, 4.69) is 10.0 Å². The molecule has 12 heavy (non-hydrogen) atoms. The Hall–Kier alpha value is -1.47. The highest BCUT2D eigenvalue weighted by atomic mass is 15.2. The lowest BCUT2D eigenvalue weighted by molar-refractivity contribution is 0.731. The van der Waals surface area contributed by atoms with Crippen molar-refractivity contribution in [2.24, 2.45) is 5.11 Å². The minimum absolute atomic E-state index is 0. The standard InChI is InChI=1S/C9H9N3.4H2/c10-12-11-9(6-7-9)8-4-2-1-3-5-8;;;;/h1-5H,6-7H2;4*1H. The molecule has 0 bridgehead atoms. The van der Waals surface area contributed by atoms with E-state index < -0.39 is 0 Å². The molecule has 0 aromatic heterocycles. The highest BCUT2D eigenvalue weighted by Crippen LogP contribution is 2.49. The van der Waals surface area contributed by atoms with Gasteiger partial charge in [-0.25, -0.2) is 0 Å². The summed E-state index contributed by atoms with van der Waals surface area (Å²) in [5.74, 6) is 0. The van der Waals surface area contributed by atoms with E-state index >= 15 is 0 Å². The molecule has 0 unspecified atom stereocenters. The van der Waals surface area contributed by atoms with Crippen LogP contribution in [-0.2, 0) is 5.54 Å². The van der Waals surface area contributed by atoms with Gasteiger partial charge in [0, 0.05) is 10.6 Å². The first-order chi connectivity index (χ1) is 5.87. The van der Waals surface area contributed by atoms with Gasteiger partial charge in [-0.2, -0.15) is 0 Å². The van der Waals surface area contributed by atoms with Gasteiger partial charge in [0.15, 0.2) is 0 Å². The maximum atomic E-state index is 8.36. The van der Waals surface area contributed by atoms with Crippen LogP contribution in [0.15, 0.2) is 35.4 Å². The minimum atomic E-state index is -0.198. The maximum absolute atomic E-state index is 8.36. The summed E-state index contributed by atoms with van der Waals surface area (Å²) in [7, 11) is 0. The number of hydrogen-bond acceptors (Lipinski definition) is 1. The third kappa shape index (κ3) is 1.04. The molecule has 0 atom stereocenters. The van der Waals surface area contributed by atoms with Gasteiger partial charge in [-0.15, -0.1) is 0 Å². The molecule has 0 N–H and O–H groups in total. The summed E-state index contributed by atoms with van der Waals surface area (Å²) in [4.78, 5) is 2.87. The lowest BCUT2D eigenvalue weighted by Gasteiger charge is -2.06. The van der Waals surface area contributed by atoms with Crippen LogP contribution in [-0.4, -0.2) is 0 Å². The fourth-order valence-electron chi connectivity index (χ4n) is 1.40. The van der Waals surface area contributed by atoms with Gasteiger partial charge in [0.25, 0.3) is 0 Å². The summed E-state index contributed by atoms with van der Waals surface area (Å²) in [6.45, 7) is 0. The molecule has 0 heterocycles. The van der Waals surface area contributed by atoms with Crippen molar-refractivity contribution in [2.45, 2.75) is 18.4 Å². The van der Waals surface area contributed by atoms with Gasteiger partial charge in [0.2, 0.25) is 0 Å². The Morgan fingerprint density at radius 1 is 1.33 bits per heavy atom. The number of hydrogen-bond donors (Lipinski definition) is 0. The molecule has 3 nitrogen and oxygen atoms in total. The second-order valence-corrected chi connectivity index (χ2v) is 3.09. The predicted molar refractivity (Wildman–Crippen MR) is 55.0 cm³/mol. The van der Waals surface area contributed by atoms with Crippen LogP contribution in [0, 0.1) is 0 Å². The number of nitrogens with zero attached hydrogens (tertiary/aromatic N) is 3. The van der Waals surface area contributed by atoms with Gasteiger partial charge in [0.05, 0.1) is 5.54 Å². The van der Waals surface area contributed by atoms with E-state index in [-0.39, 0.29) is 11.2 Å². The highest BCUT2D eigenvalue weighted by Gasteiger charge is 2.43. The van der Waals surface area contributed by atoms with Crippen molar-refractivity contribution in [1.29, 1.82) is 0 Å². The smallest absolute Gasteiger partial charge is 0.0738 e. The maximum Gasteiger partial charge on any atom is 0.0738 e. The van der Waals surface area contributed by atoms with Gasteiger partial charge < -0.3 is 0 Å². The molecule has 1 aliphatic rings. The lowest BCUT2D eigenvalue weighted by atomic mass is 10.1. The number of rotatable bonds is 2. The van der Waals surface area contributed by atoms with E-state index in [0.717, 1.165) is 18.4 Å². The van der Waals surface area contributed by atoms with Crippen molar-refractivity contribution in [1.82, 2.24) is 0 Å². The van der Waals surface area contributed by atoms with E-state index in [9.17, 15) is 0 Å². The third-order valence-corrected chi connectivity index (χ3v) is 2.27. The van der Waals surface area contributed by atoms with Crippen LogP contribution in [0.2, 0.25) is 0 Å². The molecule has 1 aromatic rings. The first-order valence-electron chi connectivity index (χ1n) is 3.99. The van der Waals surface area contributed by atoms with E-state index in [1.165, 1.54) is 0 Å². The van der Waals surface area contributed by atoms with Crippen LogP contribution in [0.25, 0.3) is 10.4 Å².